The van der Waals surface area contributed by atoms with Crippen molar-refractivity contribution in [3.63, 3.8) is 0 Å². The molecule has 0 N–H and O–H groups in total. The highest BCUT2D eigenvalue weighted by Gasteiger charge is 2.33. The number of carbonyl (C=O) groups excluding carboxylic acids is 1. The van der Waals surface area contributed by atoms with Gasteiger partial charge < -0.3 is 18.9 Å². The second kappa shape index (κ2) is 13.5. The zero-order chi connectivity index (χ0) is 31.5. The number of thiazole rings is 1. The average Bonchev–Trinajstić information content (AvgIpc) is 3.30. The van der Waals surface area contributed by atoms with Gasteiger partial charge in [0.2, 0.25) is 0 Å². The van der Waals surface area contributed by atoms with Gasteiger partial charge in [-0.25, -0.2) is 14.2 Å². The number of benzene rings is 3. The smallest absolute Gasteiger partial charge is 0.338 e. The lowest BCUT2D eigenvalue weighted by molar-refractivity contribution is -0.139. The first-order valence-electron chi connectivity index (χ1n) is 13.4. The van der Waals surface area contributed by atoms with E-state index in [1.165, 1.54) is 29.1 Å². The maximum atomic E-state index is 14.1. The van der Waals surface area contributed by atoms with E-state index in [9.17, 15) is 14.0 Å². The summed E-state index contributed by atoms with van der Waals surface area (Å²) in [6, 6.07) is 14.5. The Labute approximate surface area is 273 Å². The maximum Gasteiger partial charge on any atom is 0.338 e. The van der Waals surface area contributed by atoms with Gasteiger partial charge in [-0.15, -0.1) is 0 Å². The molecule has 4 aromatic rings. The SMILES string of the molecule is CCOC(=O)C1=C(C)N=c2s/c(=C/c3cc(Br)c(OCc4ccccc4F)c(OC)c3)c(=O)n2[C@H]1c1ccc(OC)c(Br)c1. The van der Waals surface area contributed by atoms with E-state index < -0.39 is 12.0 Å². The van der Waals surface area contributed by atoms with Gasteiger partial charge in [-0.1, -0.05) is 35.6 Å². The highest BCUT2D eigenvalue weighted by atomic mass is 79.9. The molecule has 0 spiro atoms. The molecule has 0 amide bonds. The minimum Gasteiger partial charge on any atom is -0.496 e. The molecule has 0 saturated carbocycles. The van der Waals surface area contributed by atoms with E-state index in [0.717, 1.165) is 0 Å². The van der Waals surface area contributed by atoms with Crippen LogP contribution < -0.4 is 29.1 Å². The van der Waals surface area contributed by atoms with Crippen LogP contribution in [0.4, 0.5) is 4.39 Å². The normalized spacial score (nSPS) is 14.6. The van der Waals surface area contributed by atoms with Gasteiger partial charge in [-0.3, -0.25) is 9.36 Å². The summed E-state index contributed by atoms with van der Waals surface area (Å²) >= 11 is 8.26. The fourth-order valence-corrected chi connectivity index (χ4v) is 7.02. The topological polar surface area (TPSA) is 88.4 Å². The molecule has 0 unspecified atom stereocenters. The number of ether oxygens (including phenoxy) is 4. The van der Waals surface area contributed by atoms with Crippen molar-refractivity contribution in [1.29, 1.82) is 0 Å². The van der Waals surface area contributed by atoms with E-state index in [4.69, 9.17) is 18.9 Å². The Morgan fingerprint density at radius 2 is 1.82 bits per heavy atom. The van der Waals surface area contributed by atoms with E-state index in [2.05, 4.69) is 36.9 Å². The Hall–Kier alpha value is -3.74. The van der Waals surface area contributed by atoms with Crippen LogP contribution in [0.3, 0.4) is 0 Å². The fourth-order valence-electron chi connectivity index (χ4n) is 4.84. The molecule has 2 heterocycles. The lowest BCUT2D eigenvalue weighted by Crippen LogP contribution is -2.40. The molecule has 8 nitrogen and oxygen atoms in total. The summed E-state index contributed by atoms with van der Waals surface area (Å²) in [5, 5.41) is 0. The summed E-state index contributed by atoms with van der Waals surface area (Å²) in [4.78, 5) is 32.3. The lowest BCUT2D eigenvalue weighted by Gasteiger charge is -2.25. The molecule has 1 aliphatic heterocycles. The predicted molar refractivity (Wildman–Crippen MR) is 173 cm³/mol. The highest BCUT2D eigenvalue weighted by Crippen LogP contribution is 2.38. The van der Waals surface area contributed by atoms with Crippen LogP contribution in [0.5, 0.6) is 17.2 Å². The van der Waals surface area contributed by atoms with E-state index in [0.29, 0.717) is 57.9 Å². The Morgan fingerprint density at radius 1 is 1.07 bits per heavy atom. The zero-order valence-corrected chi connectivity index (χ0v) is 28.1. The van der Waals surface area contributed by atoms with E-state index >= 15 is 0 Å². The van der Waals surface area contributed by atoms with Crippen LogP contribution in [0.1, 0.15) is 36.6 Å². The van der Waals surface area contributed by atoms with Crippen molar-refractivity contribution in [1.82, 2.24) is 4.57 Å². The number of halogens is 3. The summed E-state index contributed by atoms with van der Waals surface area (Å²) < 4.78 is 39.5. The lowest BCUT2D eigenvalue weighted by atomic mass is 9.96. The van der Waals surface area contributed by atoms with Gasteiger partial charge in [0.15, 0.2) is 16.3 Å². The molecule has 5 rings (SSSR count). The third kappa shape index (κ3) is 6.24. The van der Waals surface area contributed by atoms with Crippen molar-refractivity contribution in [3.8, 4) is 17.2 Å². The predicted octanol–water partition coefficient (Wildman–Crippen LogP) is 6.06. The molecular formula is C32H27Br2FN2O6S. The van der Waals surface area contributed by atoms with Crippen molar-refractivity contribution < 1.29 is 28.1 Å². The highest BCUT2D eigenvalue weighted by molar-refractivity contribution is 9.11. The number of hydrogen-bond donors (Lipinski definition) is 0. The molecule has 12 heteroatoms. The van der Waals surface area contributed by atoms with Crippen molar-refractivity contribution in [3.05, 3.63) is 117 Å². The first kappa shape index (κ1) is 31.7. The third-order valence-electron chi connectivity index (χ3n) is 6.89. The third-order valence-corrected chi connectivity index (χ3v) is 9.08. The molecule has 1 aliphatic rings. The molecular weight excluding hydrogens is 719 g/mol. The molecule has 228 valence electrons. The number of esters is 1. The van der Waals surface area contributed by atoms with Gasteiger partial charge >= 0.3 is 5.97 Å². The second-order valence-corrected chi connectivity index (χ2v) is 12.3. The zero-order valence-electron chi connectivity index (χ0n) is 24.2. The van der Waals surface area contributed by atoms with Crippen LogP contribution in [0, 0.1) is 5.82 Å². The number of methoxy groups -OCH3 is 2. The molecule has 0 aliphatic carbocycles. The number of hydrogen-bond acceptors (Lipinski definition) is 8. The number of fused-ring (bicyclic) bond motifs is 1. The Bertz CT molecular complexity index is 1970. The monoisotopic (exact) mass is 744 g/mol. The molecule has 3 aromatic carbocycles. The molecule has 1 atom stereocenters. The summed E-state index contributed by atoms with van der Waals surface area (Å²) in [6.45, 7) is 3.64. The van der Waals surface area contributed by atoms with Gasteiger partial charge in [0.1, 0.15) is 18.2 Å². The van der Waals surface area contributed by atoms with Crippen LogP contribution in [-0.2, 0) is 16.1 Å². The molecule has 0 fully saturated rings. The standard InChI is InChI=1S/C32H27Br2FN2O6S/c1-5-42-31(39)27-17(2)36-32-37(28(27)19-10-11-24(40-3)21(33)15-19)30(38)26(44-32)14-18-12-22(34)29(25(13-18)41-4)43-16-20-8-6-7-9-23(20)35/h6-15,28H,5,16H2,1-4H3/b26-14+/t28-/m0/s1. The number of aromatic nitrogens is 1. The summed E-state index contributed by atoms with van der Waals surface area (Å²) in [5.41, 5.74) is 2.17. The Morgan fingerprint density at radius 3 is 2.50 bits per heavy atom. The summed E-state index contributed by atoms with van der Waals surface area (Å²) in [6.07, 6.45) is 1.72. The van der Waals surface area contributed by atoms with E-state index in [1.807, 2.05) is 12.1 Å². The molecule has 1 aromatic heterocycles. The van der Waals surface area contributed by atoms with Crippen molar-refractivity contribution >= 4 is 55.2 Å². The van der Waals surface area contributed by atoms with Gasteiger partial charge in [0, 0.05) is 5.56 Å². The summed E-state index contributed by atoms with van der Waals surface area (Å²) in [5.74, 6) is 0.501. The first-order valence-corrected chi connectivity index (χ1v) is 15.8. The van der Waals surface area contributed by atoms with Gasteiger partial charge in [-0.2, -0.15) is 0 Å². The largest absolute Gasteiger partial charge is 0.496 e. The summed E-state index contributed by atoms with van der Waals surface area (Å²) in [7, 11) is 3.06. The van der Waals surface area contributed by atoms with Crippen LogP contribution in [0.25, 0.3) is 6.08 Å². The van der Waals surface area contributed by atoms with Crippen LogP contribution >= 0.6 is 43.2 Å². The minimum absolute atomic E-state index is 0.00318. The van der Waals surface area contributed by atoms with Gasteiger partial charge in [-0.05, 0) is 93.2 Å². The minimum atomic E-state index is -0.773. The average molecular weight is 746 g/mol. The molecule has 0 radical (unpaired) electrons. The maximum absolute atomic E-state index is 14.1. The van der Waals surface area contributed by atoms with Gasteiger partial charge in [0.05, 0.1) is 51.6 Å². The number of allylic oxidation sites excluding steroid dienone is 1. The molecule has 44 heavy (non-hydrogen) atoms. The van der Waals surface area contributed by atoms with E-state index in [1.54, 1.807) is 63.4 Å². The van der Waals surface area contributed by atoms with Crippen LogP contribution in [-0.4, -0.2) is 31.4 Å². The van der Waals surface area contributed by atoms with Crippen molar-refractivity contribution in [2.45, 2.75) is 26.5 Å². The van der Waals surface area contributed by atoms with Crippen molar-refractivity contribution in [2.75, 3.05) is 20.8 Å². The van der Waals surface area contributed by atoms with Gasteiger partial charge in [0.25, 0.3) is 5.56 Å². The van der Waals surface area contributed by atoms with Crippen LogP contribution in [0.2, 0.25) is 0 Å². The quantitative estimate of drug-likeness (QED) is 0.194. The Balaban J connectivity index is 1.59. The van der Waals surface area contributed by atoms with Crippen LogP contribution in [0.15, 0.2) is 84.6 Å². The molecule has 0 bridgehead atoms. The molecule has 0 saturated heterocycles. The number of nitrogens with zero attached hydrogens (tertiary/aromatic N) is 2. The Kier molecular flexibility index (Phi) is 9.72. The van der Waals surface area contributed by atoms with Crippen molar-refractivity contribution in [2.24, 2.45) is 4.99 Å². The number of carbonyl (C=O) groups is 1. The number of rotatable bonds is 9. The van der Waals surface area contributed by atoms with E-state index in [-0.39, 0.29) is 30.2 Å². The second-order valence-electron chi connectivity index (χ2n) is 9.61. The fraction of sp³-hybridized carbons (Fsp3) is 0.219. The first-order chi connectivity index (χ1) is 21.2.